The van der Waals surface area contributed by atoms with Gasteiger partial charge in [0.15, 0.2) is 0 Å². The lowest BCUT2D eigenvalue weighted by Gasteiger charge is -2.31. The van der Waals surface area contributed by atoms with Crippen LogP contribution in [0.5, 0.6) is 5.75 Å². The minimum absolute atomic E-state index is 0.113. The molecule has 2 aliphatic heterocycles. The summed E-state index contributed by atoms with van der Waals surface area (Å²) in [6.07, 6.45) is 1.66. The van der Waals surface area contributed by atoms with Crippen LogP contribution in [0.4, 0.5) is 0 Å². The summed E-state index contributed by atoms with van der Waals surface area (Å²) in [5, 5.41) is 11.4. The third kappa shape index (κ3) is 4.90. The number of nitrogens with one attached hydrogen (secondary N) is 1. The van der Waals surface area contributed by atoms with E-state index >= 15 is 0 Å². The van der Waals surface area contributed by atoms with E-state index in [4.69, 9.17) is 9.47 Å². The molecule has 1 unspecified atom stereocenters. The van der Waals surface area contributed by atoms with Gasteiger partial charge in [-0.15, -0.1) is 0 Å². The Balaban J connectivity index is 1.75. The standard InChI is InChI=1S/C27H33N3O5/c1-5-14-35-21-8-6-20(7-9-21)24-23(25(31)22-17(2)18(3)28-19(22)4)26(32)27(33)30(24)11-10-29-12-15-34-16-13-29/h5-9,24,28,31H,1,10-16H2,2-4H3/b25-23+. The number of ketones is 1. The molecule has 2 aliphatic rings. The highest BCUT2D eigenvalue weighted by Gasteiger charge is 2.46. The monoisotopic (exact) mass is 479 g/mol. The first kappa shape index (κ1) is 24.8. The Bertz CT molecular complexity index is 1140. The van der Waals surface area contributed by atoms with Crippen LogP contribution in [0.2, 0.25) is 0 Å². The summed E-state index contributed by atoms with van der Waals surface area (Å²) in [5.41, 5.74) is 3.94. The highest BCUT2D eigenvalue weighted by atomic mass is 16.5. The molecular formula is C27H33N3O5. The summed E-state index contributed by atoms with van der Waals surface area (Å²) in [4.78, 5) is 33.6. The molecule has 0 saturated carbocycles. The lowest BCUT2D eigenvalue weighted by Crippen LogP contribution is -2.42. The molecule has 35 heavy (non-hydrogen) atoms. The van der Waals surface area contributed by atoms with Crippen molar-refractivity contribution in [2.45, 2.75) is 26.8 Å². The number of rotatable bonds is 8. The van der Waals surface area contributed by atoms with E-state index in [-0.39, 0.29) is 11.3 Å². The number of morpholine rings is 1. The number of hydrogen-bond acceptors (Lipinski definition) is 6. The lowest BCUT2D eigenvalue weighted by atomic mass is 9.94. The number of H-pyrrole nitrogens is 1. The maximum absolute atomic E-state index is 13.3. The molecule has 2 fully saturated rings. The minimum atomic E-state index is -0.696. The Labute approximate surface area is 205 Å². The molecule has 0 radical (unpaired) electrons. The van der Waals surface area contributed by atoms with Crippen LogP contribution in [0.15, 0.2) is 42.5 Å². The van der Waals surface area contributed by atoms with E-state index in [0.29, 0.717) is 44.2 Å². The number of aliphatic hydroxyl groups excluding tert-OH is 1. The van der Waals surface area contributed by atoms with Crippen molar-refractivity contribution in [3.63, 3.8) is 0 Å². The van der Waals surface area contributed by atoms with Crippen molar-refractivity contribution in [2.75, 3.05) is 46.0 Å². The van der Waals surface area contributed by atoms with Gasteiger partial charge in [-0.3, -0.25) is 14.5 Å². The number of carbonyl (C=O) groups excluding carboxylic acids is 2. The molecule has 3 heterocycles. The molecule has 0 spiro atoms. The van der Waals surface area contributed by atoms with Crippen LogP contribution in [0.1, 0.15) is 34.1 Å². The highest BCUT2D eigenvalue weighted by molar-refractivity contribution is 6.46. The second-order valence-corrected chi connectivity index (χ2v) is 8.99. The number of aromatic amines is 1. The SMILES string of the molecule is C=CCOc1ccc(C2/C(=C(\O)c3c(C)[nH]c(C)c3C)C(=O)C(=O)N2CCN2CCOCC2)cc1. The van der Waals surface area contributed by atoms with Crippen LogP contribution in [0.25, 0.3) is 5.76 Å². The topological polar surface area (TPSA) is 95.1 Å². The molecule has 0 bridgehead atoms. The first-order valence-corrected chi connectivity index (χ1v) is 11.9. The fourth-order valence-corrected chi connectivity index (χ4v) is 4.83. The Morgan fingerprint density at radius 2 is 1.83 bits per heavy atom. The molecule has 1 amide bonds. The predicted octanol–water partition coefficient (Wildman–Crippen LogP) is 3.26. The molecule has 1 aromatic heterocycles. The van der Waals surface area contributed by atoms with Crippen LogP contribution in [0, 0.1) is 20.8 Å². The molecule has 2 aromatic rings. The fourth-order valence-electron chi connectivity index (χ4n) is 4.83. The van der Waals surface area contributed by atoms with E-state index in [1.165, 1.54) is 0 Å². The summed E-state index contributed by atoms with van der Waals surface area (Å²) in [6, 6.07) is 6.59. The average molecular weight is 480 g/mol. The molecule has 8 nitrogen and oxygen atoms in total. The van der Waals surface area contributed by atoms with E-state index in [9.17, 15) is 14.7 Å². The van der Waals surface area contributed by atoms with Crippen LogP contribution in [0.3, 0.4) is 0 Å². The summed E-state index contributed by atoms with van der Waals surface area (Å²) >= 11 is 0. The third-order valence-corrected chi connectivity index (χ3v) is 6.79. The molecule has 186 valence electrons. The van der Waals surface area contributed by atoms with Crippen molar-refractivity contribution in [1.82, 2.24) is 14.8 Å². The first-order valence-electron chi connectivity index (χ1n) is 11.9. The Morgan fingerprint density at radius 3 is 2.43 bits per heavy atom. The Kier molecular flexibility index (Phi) is 7.42. The number of benzene rings is 1. The quantitative estimate of drug-likeness (QED) is 0.261. The van der Waals surface area contributed by atoms with E-state index in [1.807, 2.05) is 32.9 Å². The summed E-state index contributed by atoms with van der Waals surface area (Å²) in [7, 11) is 0. The van der Waals surface area contributed by atoms with E-state index in [1.54, 1.807) is 23.1 Å². The zero-order valence-electron chi connectivity index (χ0n) is 20.6. The van der Waals surface area contributed by atoms with Gasteiger partial charge < -0.3 is 24.5 Å². The van der Waals surface area contributed by atoms with Crippen molar-refractivity contribution in [1.29, 1.82) is 0 Å². The number of aromatic nitrogens is 1. The average Bonchev–Trinajstić information content (AvgIpc) is 3.27. The van der Waals surface area contributed by atoms with Gasteiger partial charge in [-0.25, -0.2) is 0 Å². The third-order valence-electron chi connectivity index (χ3n) is 6.79. The van der Waals surface area contributed by atoms with E-state index in [2.05, 4.69) is 16.5 Å². The van der Waals surface area contributed by atoms with Gasteiger partial charge in [0.2, 0.25) is 0 Å². The molecular weight excluding hydrogens is 446 g/mol. The van der Waals surface area contributed by atoms with Crippen molar-refractivity contribution in [3.8, 4) is 5.75 Å². The van der Waals surface area contributed by atoms with Crippen LogP contribution >= 0.6 is 0 Å². The second kappa shape index (κ2) is 10.5. The van der Waals surface area contributed by atoms with Crippen LogP contribution in [-0.4, -0.2) is 77.6 Å². The number of aryl methyl sites for hydroxylation is 2. The number of carbonyl (C=O) groups is 2. The highest BCUT2D eigenvalue weighted by Crippen LogP contribution is 2.41. The summed E-state index contributed by atoms with van der Waals surface area (Å²) in [5.74, 6) is -0.751. The smallest absolute Gasteiger partial charge is 0.295 e. The maximum Gasteiger partial charge on any atom is 0.295 e. The number of Topliss-reactive ketones (excluding diaryl/α,β-unsaturated/α-hetero) is 1. The number of likely N-dealkylation sites (tertiary alicyclic amines) is 1. The normalized spacial score (nSPS) is 20.4. The minimum Gasteiger partial charge on any atom is -0.507 e. The molecule has 1 atom stereocenters. The summed E-state index contributed by atoms with van der Waals surface area (Å²) < 4.78 is 11.0. The van der Waals surface area contributed by atoms with Gasteiger partial charge in [0.25, 0.3) is 11.7 Å². The van der Waals surface area contributed by atoms with Crippen molar-refractivity contribution in [2.24, 2.45) is 0 Å². The number of ether oxygens (including phenoxy) is 2. The predicted molar refractivity (Wildman–Crippen MR) is 133 cm³/mol. The van der Waals surface area contributed by atoms with Crippen LogP contribution < -0.4 is 4.74 Å². The van der Waals surface area contributed by atoms with Gasteiger partial charge in [-0.05, 0) is 44.0 Å². The summed E-state index contributed by atoms with van der Waals surface area (Å²) in [6.45, 7) is 13.6. The number of aliphatic hydroxyl groups is 1. The number of hydrogen-bond donors (Lipinski definition) is 2. The Hall–Kier alpha value is -3.36. The first-order chi connectivity index (χ1) is 16.8. The molecule has 2 saturated heterocycles. The van der Waals surface area contributed by atoms with Gasteiger partial charge in [-0.2, -0.15) is 0 Å². The zero-order chi connectivity index (χ0) is 25.1. The maximum atomic E-state index is 13.3. The van der Waals surface area contributed by atoms with Gasteiger partial charge in [0.05, 0.1) is 24.8 Å². The lowest BCUT2D eigenvalue weighted by molar-refractivity contribution is -0.140. The van der Waals surface area contributed by atoms with Crippen molar-refractivity contribution >= 4 is 17.4 Å². The van der Waals surface area contributed by atoms with Crippen molar-refractivity contribution in [3.05, 3.63) is 70.6 Å². The second-order valence-electron chi connectivity index (χ2n) is 8.99. The van der Waals surface area contributed by atoms with E-state index in [0.717, 1.165) is 35.6 Å². The molecule has 8 heteroatoms. The zero-order valence-corrected chi connectivity index (χ0v) is 20.6. The fraction of sp³-hybridized carbons (Fsp3) is 0.407. The van der Waals surface area contributed by atoms with Gasteiger partial charge in [0.1, 0.15) is 18.1 Å². The molecule has 4 rings (SSSR count). The largest absolute Gasteiger partial charge is 0.507 e. The molecule has 1 aromatic carbocycles. The number of nitrogens with zero attached hydrogens (tertiary/aromatic N) is 2. The van der Waals surface area contributed by atoms with Crippen LogP contribution in [-0.2, 0) is 14.3 Å². The van der Waals surface area contributed by atoms with Crippen molar-refractivity contribution < 1.29 is 24.2 Å². The van der Waals surface area contributed by atoms with Gasteiger partial charge in [0, 0.05) is 43.1 Å². The van der Waals surface area contributed by atoms with E-state index < -0.39 is 17.7 Å². The number of amides is 1. The van der Waals surface area contributed by atoms with Gasteiger partial charge >= 0.3 is 0 Å². The van der Waals surface area contributed by atoms with Gasteiger partial charge in [-0.1, -0.05) is 24.8 Å². The Morgan fingerprint density at radius 1 is 1.14 bits per heavy atom. The molecule has 2 N–H and O–H groups in total. The molecule has 0 aliphatic carbocycles.